The SMILES string of the molecule is C[Si](C)(C)N([BH][Zr]([Cl])([Cl])([CH]1C(c2ccccc2)=Cc2c(-c3ccccc3-c3cccc4ccccc34)cccc21)[CH]1C(c2ccccc2)=Cc2c(-c3ccccc3-c3cccc4ccccc34)cccc21)[Si](C)(C)C. The van der Waals surface area contributed by atoms with E-state index in [1.165, 1.54) is 111 Å². The van der Waals surface area contributed by atoms with Crippen LogP contribution in [0.1, 0.15) is 40.6 Å². The molecule has 0 amide bonds. The van der Waals surface area contributed by atoms with Crippen LogP contribution >= 0.6 is 17.0 Å². The molecule has 12 rings (SSSR count). The first-order valence-corrected chi connectivity index (χ1v) is 44.3. The van der Waals surface area contributed by atoms with Crippen LogP contribution in [0.2, 0.25) is 39.3 Å². The van der Waals surface area contributed by atoms with Crippen molar-refractivity contribution in [3.63, 3.8) is 0 Å². The summed E-state index contributed by atoms with van der Waals surface area (Å²) in [6.45, 7) is 15.0. The van der Waals surface area contributed by atoms with Crippen molar-refractivity contribution in [3.05, 3.63) is 264 Å². The quantitative estimate of drug-likeness (QED) is 0.110. The summed E-state index contributed by atoms with van der Waals surface area (Å²) in [7, 11) is 15.1. The van der Waals surface area contributed by atoms with Crippen LogP contribution in [-0.4, -0.2) is 25.6 Å². The number of nitrogens with zero attached hydrogens (tertiary/aromatic N) is 1. The molecule has 0 bridgehead atoms. The summed E-state index contributed by atoms with van der Waals surface area (Å²) < 4.78 is 2.40. The van der Waals surface area contributed by atoms with Crippen LogP contribution in [0, 0.1) is 0 Å². The minimum atomic E-state index is -5.85. The van der Waals surface area contributed by atoms with Crippen molar-refractivity contribution in [2.75, 3.05) is 0 Å². The van der Waals surface area contributed by atoms with Gasteiger partial charge in [0.05, 0.1) is 0 Å². The molecule has 0 spiro atoms. The van der Waals surface area contributed by atoms with Crippen molar-refractivity contribution in [2.24, 2.45) is 0 Å². The predicted octanol–water partition coefficient (Wildman–Crippen LogP) is 19.8. The van der Waals surface area contributed by atoms with Gasteiger partial charge >= 0.3 is 459 Å². The Kier molecular flexibility index (Phi) is 12.9. The van der Waals surface area contributed by atoms with Crippen LogP contribution in [0.5, 0.6) is 0 Å². The van der Waals surface area contributed by atoms with Crippen LogP contribution in [0.15, 0.2) is 231 Å². The van der Waals surface area contributed by atoms with E-state index < -0.39 is 32.6 Å². The molecule has 7 heteroatoms. The Hall–Kier alpha value is -5.88. The Balaban J connectivity index is 1.14. The average molecular weight is 1120 g/mol. The van der Waals surface area contributed by atoms with Gasteiger partial charge in [-0.1, -0.05) is 0 Å². The standard InChI is InChI=1S/2C31H21.C6H19BNSi2.2ClH.Zr/c2*1-2-10-22(11-3-1)25-20-24-14-9-19-30(31(24)21-25)29-17-7-6-16-28(29)27-18-8-13-23-12-4-5-15-26(23)27;1-9(2,3)8(7)10(4,5)6;;;/h2*1-21H;7H,1-6H3;2*1H;/q;;+1;;;+1/p-2. The third-order valence-corrected chi connectivity index (χ3v) is 43.0. The number of hydrogen-bond donors (Lipinski definition) is 0. The zero-order valence-electron chi connectivity index (χ0n) is 43.7. The topological polar surface area (TPSA) is 3.24 Å². The van der Waals surface area contributed by atoms with Crippen molar-refractivity contribution < 1.29 is 16.2 Å². The second-order valence-corrected chi connectivity index (χ2v) is 55.0. The molecule has 0 aliphatic heterocycles. The molecule has 1 nitrogen and oxygen atoms in total. The predicted molar refractivity (Wildman–Crippen MR) is 331 cm³/mol. The van der Waals surface area contributed by atoms with Gasteiger partial charge in [0, 0.05) is 0 Å². The number of fused-ring (bicyclic) bond motifs is 4. The number of benzene rings is 10. The van der Waals surface area contributed by atoms with E-state index in [0.717, 1.165) is 0 Å². The zero-order valence-corrected chi connectivity index (χ0v) is 49.6. The summed E-state index contributed by atoms with van der Waals surface area (Å²) >= 11 is -5.85. The Morgan fingerprint density at radius 1 is 0.347 bits per heavy atom. The summed E-state index contributed by atoms with van der Waals surface area (Å²) in [5.41, 5.74) is 19.3. The molecule has 0 radical (unpaired) electrons. The molecule has 10 aromatic rings. The van der Waals surface area contributed by atoms with Gasteiger partial charge in [0.2, 0.25) is 0 Å². The molecule has 0 saturated carbocycles. The van der Waals surface area contributed by atoms with E-state index in [1.807, 2.05) is 0 Å². The summed E-state index contributed by atoms with van der Waals surface area (Å²) in [5.74, 6) is 0. The summed E-state index contributed by atoms with van der Waals surface area (Å²) in [4.78, 5) is 0.673. The zero-order chi connectivity index (χ0) is 51.7. The third kappa shape index (κ3) is 8.79. The molecule has 0 fully saturated rings. The van der Waals surface area contributed by atoms with Crippen molar-refractivity contribution in [1.82, 2.24) is 4.14 Å². The van der Waals surface area contributed by atoms with Gasteiger partial charge in [-0.15, -0.1) is 0 Å². The number of hydrogen-bond acceptors (Lipinski definition) is 1. The Morgan fingerprint density at radius 2 is 0.653 bits per heavy atom. The normalized spacial score (nSPS) is 16.0. The molecule has 0 saturated heterocycles. The van der Waals surface area contributed by atoms with Crippen molar-refractivity contribution in [1.29, 1.82) is 0 Å². The maximum absolute atomic E-state index is 9.64. The molecule has 2 aliphatic carbocycles. The molecule has 0 heterocycles. The van der Waals surface area contributed by atoms with E-state index in [1.54, 1.807) is 0 Å². The summed E-state index contributed by atoms with van der Waals surface area (Å²) in [5, 5.41) is 4.94. The van der Waals surface area contributed by atoms with E-state index in [-0.39, 0.29) is 7.25 Å². The van der Waals surface area contributed by atoms with Crippen LogP contribution < -0.4 is 0 Å². The fourth-order valence-corrected chi connectivity index (χ4v) is 54.5. The molecular weight excluding hydrogens is 1060 g/mol. The molecular formula is C68H61BCl2NSi2Zr. The Morgan fingerprint density at radius 3 is 1.05 bits per heavy atom. The minimum absolute atomic E-state index is 0.262. The first-order chi connectivity index (χ1) is 36.2. The van der Waals surface area contributed by atoms with E-state index in [2.05, 4.69) is 286 Å². The van der Waals surface area contributed by atoms with Gasteiger partial charge in [-0.05, 0) is 0 Å². The first kappa shape index (κ1) is 50.0. The number of halogens is 2. The van der Waals surface area contributed by atoms with Crippen LogP contribution in [0.4, 0.5) is 0 Å². The molecule has 10 aromatic carbocycles. The van der Waals surface area contributed by atoms with Gasteiger partial charge in [0.15, 0.2) is 0 Å². The van der Waals surface area contributed by atoms with Crippen LogP contribution in [-0.2, 0) is 16.2 Å². The first-order valence-electron chi connectivity index (χ1n) is 26.5. The van der Waals surface area contributed by atoms with Crippen LogP contribution in [0.3, 0.4) is 0 Å². The monoisotopic (exact) mass is 1120 g/mol. The van der Waals surface area contributed by atoms with E-state index in [0.29, 0.717) is 4.95 Å². The second-order valence-electron chi connectivity index (χ2n) is 22.8. The van der Waals surface area contributed by atoms with Gasteiger partial charge in [-0.3, -0.25) is 0 Å². The summed E-state index contributed by atoms with van der Waals surface area (Å²) in [6, 6.07) is 84.8. The van der Waals surface area contributed by atoms with Crippen molar-refractivity contribution in [2.45, 2.75) is 46.5 Å². The van der Waals surface area contributed by atoms with Gasteiger partial charge in [-0.25, -0.2) is 0 Å². The van der Waals surface area contributed by atoms with Gasteiger partial charge in [0.1, 0.15) is 0 Å². The fraction of sp³-hybridized carbons (Fsp3) is 0.118. The second kappa shape index (κ2) is 19.3. The fourth-order valence-electron chi connectivity index (χ4n) is 13.3. The molecule has 367 valence electrons. The van der Waals surface area contributed by atoms with Gasteiger partial charge < -0.3 is 0 Å². The van der Waals surface area contributed by atoms with Gasteiger partial charge in [-0.2, -0.15) is 0 Å². The maximum atomic E-state index is 9.64. The Labute approximate surface area is 454 Å². The molecule has 0 N–H and O–H groups in total. The van der Waals surface area contributed by atoms with Crippen LogP contribution in [0.25, 0.3) is 89.4 Å². The van der Waals surface area contributed by atoms with E-state index >= 15 is 0 Å². The molecule has 2 aliphatic rings. The van der Waals surface area contributed by atoms with E-state index in [4.69, 9.17) is 0 Å². The van der Waals surface area contributed by atoms with Gasteiger partial charge in [0.25, 0.3) is 0 Å². The molecule has 75 heavy (non-hydrogen) atoms. The number of rotatable bonds is 12. The van der Waals surface area contributed by atoms with Crippen molar-refractivity contribution in [3.8, 4) is 44.5 Å². The Bertz CT molecular complexity index is 3650. The summed E-state index contributed by atoms with van der Waals surface area (Å²) in [6.07, 6.45) is 4.99. The van der Waals surface area contributed by atoms with Crippen molar-refractivity contribution >= 4 is 83.3 Å². The average Bonchev–Trinajstić information content (AvgIpc) is 4.06. The number of allylic oxidation sites excluding steroid dienone is 2. The molecule has 2 atom stereocenters. The third-order valence-electron chi connectivity index (χ3n) is 16.2. The molecule has 2 unspecified atom stereocenters. The van der Waals surface area contributed by atoms with E-state index in [9.17, 15) is 17.0 Å². The molecule has 0 aromatic heterocycles.